The molecule has 0 fully saturated rings. The summed E-state index contributed by atoms with van der Waals surface area (Å²) in [6.45, 7) is 6.74. The average Bonchev–Trinajstić information content (AvgIpc) is 2.75. The fourth-order valence-electron chi connectivity index (χ4n) is 1.69. The zero-order valence-electron chi connectivity index (χ0n) is 12.2. The van der Waals surface area contributed by atoms with E-state index in [1.54, 1.807) is 12.3 Å². The Hall–Kier alpha value is -1.47. The molecule has 2 N–H and O–H groups in total. The van der Waals surface area contributed by atoms with Crippen LogP contribution in [-0.4, -0.2) is 22.4 Å². The maximum Gasteiger partial charge on any atom is 0.261 e. The number of nitrogens with one attached hydrogen (secondary N) is 2. The lowest BCUT2D eigenvalue weighted by Gasteiger charge is -2.10. The van der Waals surface area contributed by atoms with Gasteiger partial charge in [-0.2, -0.15) is 0 Å². The van der Waals surface area contributed by atoms with Gasteiger partial charge in [0.25, 0.3) is 5.91 Å². The second-order valence-electron chi connectivity index (χ2n) is 4.59. The van der Waals surface area contributed by atoms with Crippen molar-refractivity contribution >= 4 is 44.1 Å². The van der Waals surface area contributed by atoms with Gasteiger partial charge in [0.1, 0.15) is 5.82 Å². The minimum atomic E-state index is -0.212. The summed E-state index contributed by atoms with van der Waals surface area (Å²) in [7, 11) is 0. The number of anilines is 2. The van der Waals surface area contributed by atoms with Gasteiger partial charge in [-0.25, -0.2) is 9.97 Å². The predicted molar refractivity (Wildman–Crippen MR) is 90.3 cm³/mol. The van der Waals surface area contributed by atoms with Crippen molar-refractivity contribution in [2.75, 3.05) is 17.2 Å². The fraction of sp³-hybridized carbons (Fsp3) is 0.357. The fourth-order valence-corrected chi connectivity index (χ4v) is 2.83. The number of hydrogen-bond acceptors (Lipinski definition) is 5. The van der Waals surface area contributed by atoms with Crippen LogP contribution < -0.4 is 10.6 Å². The lowest BCUT2D eigenvalue weighted by molar-refractivity contribution is 0.102. The number of thiazole rings is 1. The number of amides is 1. The molecule has 0 saturated carbocycles. The van der Waals surface area contributed by atoms with E-state index in [0.29, 0.717) is 16.5 Å². The van der Waals surface area contributed by atoms with E-state index in [-0.39, 0.29) is 5.91 Å². The Labute approximate surface area is 136 Å². The molecular weight excluding hydrogens is 352 g/mol. The van der Waals surface area contributed by atoms with E-state index in [1.807, 2.05) is 13.8 Å². The summed E-state index contributed by atoms with van der Waals surface area (Å²) in [6, 6.07) is 1.76. The third-order valence-corrected chi connectivity index (χ3v) is 4.31. The van der Waals surface area contributed by atoms with Crippen molar-refractivity contribution in [2.45, 2.75) is 27.2 Å². The van der Waals surface area contributed by atoms with Crippen molar-refractivity contribution in [3.8, 4) is 0 Å². The van der Waals surface area contributed by atoms with Crippen molar-refractivity contribution in [2.24, 2.45) is 0 Å². The summed E-state index contributed by atoms with van der Waals surface area (Å²) in [5.74, 6) is 0.374. The molecule has 0 unspecified atom stereocenters. The molecule has 7 heteroatoms. The van der Waals surface area contributed by atoms with Gasteiger partial charge in [-0.1, -0.05) is 6.92 Å². The molecule has 0 aliphatic heterocycles. The molecule has 0 aromatic carbocycles. The Morgan fingerprint density at radius 1 is 1.43 bits per heavy atom. The Bertz CT molecular complexity index is 637. The van der Waals surface area contributed by atoms with Crippen molar-refractivity contribution in [3.05, 3.63) is 32.9 Å². The molecule has 21 heavy (non-hydrogen) atoms. The molecule has 0 aliphatic rings. The molecule has 0 radical (unpaired) electrons. The average molecular weight is 369 g/mol. The van der Waals surface area contributed by atoms with E-state index in [9.17, 15) is 4.79 Å². The highest BCUT2D eigenvalue weighted by Gasteiger charge is 2.15. The van der Waals surface area contributed by atoms with Crippen molar-refractivity contribution in [3.63, 3.8) is 0 Å². The second kappa shape index (κ2) is 7.00. The van der Waals surface area contributed by atoms with E-state index in [0.717, 1.165) is 28.0 Å². The molecular formula is C14H17BrN4OS. The number of aromatic nitrogens is 2. The van der Waals surface area contributed by atoms with E-state index in [1.165, 1.54) is 11.3 Å². The first-order chi connectivity index (χ1) is 10.0. The summed E-state index contributed by atoms with van der Waals surface area (Å²) in [5, 5.41) is 6.60. The van der Waals surface area contributed by atoms with Gasteiger partial charge >= 0.3 is 0 Å². The number of carbonyl (C=O) groups excluding carboxylic acids is 1. The minimum Gasteiger partial charge on any atom is -0.369 e. The van der Waals surface area contributed by atoms with Crippen molar-refractivity contribution in [1.29, 1.82) is 0 Å². The van der Waals surface area contributed by atoms with Gasteiger partial charge in [-0.05, 0) is 42.3 Å². The van der Waals surface area contributed by atoms with Crippen LogP contribution >= 0.6 is 27.3 Å². The van der Waals surface area contributed by atoms with Gasteiger partial charge in [0.05, 0.1) is 11.3 Å². The van der Waals surface area contributed by atoms with Gasteiger partial charge in [-0.3, -0.25) is 10.1 Å². The number of halogens is 1. The van der Waals surface area contributed by atoms with Crippen molar-refractivity contribution < 1.29 is 4.79 Å². The highest BCUT2D eigenvalue weighted by Crippen LogP contribution is 2.24. The molecule has 2 aromatic rings. The summed E-state index contributed by atoms with van der Waals surface area (Å²) < 4.78 is 0.765. The number of aryl methyl sites for hydroxylation is 2. The molecule has 0 atom stereocenters. The Kier molecular flexibility index (Phi) is 5.30. The standard InChI is InChI=1S/C14H17BrN4OS/c1-4-5-16-12-11(6-10(15)7-17-12)13(20)19-14-18-8(2)9(3)21-14/h6-7H,4-5H2,1-3H3,(H,16,17)(H,18,19,20). The van der Waals surface area contributed by atoms with Gasteiger partial charge in [0, 0.05) is 22.1 Å². The molecule has 0 spiro atoms. The van der Waals surface area contributed by atoms with Crippen LogP contribution in [-0.2, 0) is 0 Å². The zero-order chi connectivity index (χ0) is 15.4. The number of rotatable bonds is 5. The molecule has 2 rings (SSSR count). The van der Waals surface area contributed by atoms with Crippen LogP contribution in [0.3, 0.4) is 0 Å². The Morgan fingerprint density at radius 2 is 2.19 bits per heavy atom. The maximum atomic E-state index is 12.4. The van der Waals surface area contributed by atoms with Gasteiger partial charge in [-0.15, -0.1) is 11.3 Å². The molecule has 2 aromatic heterocycles. The van der Waals surface area contributed by atoms with E-state index in [4.69, 9.17) is 0 Å². The molecule has 2 heterocycles. The van der Waals surface area contributed by atoms with Crippen LogP contribution in [0.1, 0.15) is 34.3 Å². The molecule has 1 amide bonds. The van der Waals surface area contributed by atoms with E-state index >= 15 is 0 Å². The highest BCUT2D eigenvalue weighted by molar-refractivity contribution is 9.10. The van der Waals surface area contributed by atoms with Gasteiger partial charge < -0.3 is 5.32 Å². The van der Waals surface area contributed by atoms with Crippen LogP contribution in [0.2, 0.25) is 0 Å². The Balaban J connectivity index is 2.22. The number of pyridine rings is 1. The SMILES string of the molecule is CCCNc1ncc(Br)cc1C(=O)Nc1nc(C)c(C)s1. The molecule has 0 aliphatic carbocycles. The third kappa shape index (κ3) is 4.01. The lowest BCUT2D eigenvalue weighted by atomic mass is 10.2. The van der Waals surface area contributed by atoms with Crippen molar-refractivity contribution in [1.82, 2.24) is 9.97 Å². The number of carbonyl (C=O) groups is 1. The molecule has 0 bridgehead atoms. The quantitative estimate of drug-likeness (QED) is 0.836. The summed E-state index contributed by atoms with van der Waals surface area (Å²) in [5.41, 5.74) is 1.44. The first kappa shape index (κ1) is 15.9. The minimum absolute atomic E-state index is 0.212. The van der Waals surface area contributed by atoms with Crippen LogP contribution in [0.5, 0.6) is 0 Å². The summed E-state index contributed by atoms with van der Waals surface area (Å²) in [4.78, 5) is 22.1. The smallest absolute Gasteiger partial charge is 0.261 e. The first-order valence-corrected chi connectivity index (χ1v) is 8.27. The third-order valence-electron chi connectivity index (χ3n) is 2.89. The van der Waals surface area contributed by atoms with Crippen LogP contribution in [0.4, 0.5) is 10.9 Å². The van der Waals surface area contributed by atoms with Crippen LogP contribution in [0.25, 0.3) is 0 Å². The summed E-state index contributed by atoms with van der Waals surface area (Å²) in [6.07, 6.45) is 2.64. The second-order valence-corrected chi connectivity index (χ2v) is 6.71. The molecule has 112 valence electrons. The maximum absolute atomic E-state index is 12.4. The van der Waals surface area contributed by atoms with Crippen LogP contribution in [0, 0.1) is 13.8 Å². The lowest BCUT2D eigenvalue weighted by Crippen LogP contribution is -2.16. The van der Waals surface area contributed by atoms with E-state index < -0.39 is 0 Å². The molecule has 5 nitrogen and oxygen atoms in total. The van der Waals surface area contributed by atoms with E-state index in [2.05, 4.69) is 43.5 Å². The highest BCUT2D eigenvalue weighted by atomic mass is 79.9. The molecule has 0 saturated heterocycles. The van der Waals surface area contributed by atoms with Gasteiger partial charge in [0.2, 0.25) is 0 Å². The van der Waals surface area contributed by atoms with Gasteiger partial charge in [0.15, 0.2) is 5.13 Å². The summed E-state index contributed by atoms with van der Waals surface area (Å²) >= 11 is 4.82. The zero-order valence-corrected chi connectivity index (χ0v) is 14.6. The predicted octanol–water partition coefficient (Wildman–Crippen LogP) is 3.99. The largest absolute Gasteiger partial charge is 0.369 e. The number of hydrogen-bond donors (Lipinski definition) is 2. The van der Waals surface area contributed by atoms with Crippen LogP contribution in [0.15, 0.2) is 16.7 Å². The topological polar surface area (TPSA) is 66.9 Å². The normalized spacial score (nSPS) is 10.5. The number of nitrogens with zero attached hydrogens (tertiary/aromatic N) is 2. The Morgan fingerprint density at radius 3 is 2.81 bits per heavy atom. The monoisotopic (exact) mass is 368 g/mol. The first-order valence-electron chi connectivity index (χ1n) is 6.66.